The molecule has 1 aromatic carbocycles. The summed E-state index contributed by atoms with van der Waals surface area (Å²) in [5.41, 5.74) is 3.60. The number of aromatic nitrogens is 3. The lowest BCUT2D eigenvalue weighted by Gasteiger charge is -2.11. The summed E-state index contributed by atoms with van der Waals surface area (Å²) in [6.45, 7) is 5.28. The van der Waals surface area contributed by atoms with Gasteiger partial charge >= 0.3 is 5.97 Å². The Hall–Kier alpha value is -2.69. The summed E-state index contributed by atoms with van der Waals surface area (Å²) in [7, 11) is 0. The number of aryl methyl sites for hydroxylation is 1. The van der Waals surface area contributed by atoms with Crippen LogP contribution in [-0.4, -0.2) is 25.6 Å². The highest BCUT2D eigenvalue weighted by molar-refractivity contribution is 5.82. The smallest absolute Gasteiger partial charge is 0.307 e. The largest absolute Gasteiger partial charge is 0.481 e. The Morgan fingerprint density at radius 3 is 2.79 bits per heavy atom. The Labute approximate surface area is 141 Å². The number of rotatable bonds is 6. The molecule has 0 atom stereocenters. The van der Waals surface area contributed by atoms with E-state index < -0.39 is 5.97 Å². The number of carboxylic acid groups (broad SMARTS) is 1. The summed E-state index contributed by atoms with van der Waals surface area (Å²) >= 11 is 0. The van der Waals surface area contributed by atoms with Gasteiger partial charge in [-0.2, -0.15) is 0 Å². The number of hydrogen-bond donors (Lipinski definition) is 1. The van der Waals surface area contributed by atoms with Crippen LogP contribution >= 0.6 is 0 Å². The molecule has 24 heavy (non-hydrogen) atoms. The van der Waals surface area contributed by atoms with Crippen LogP contribution in [0.3, 0.4) is 0 Å². The second kappa shape index (κ2) is 6.83. The molecule has 0 fully saturated rings. The SMILES string of the molecule is CC(C)CCn1c(-c2cccnc2)nc2cc(CC(=O)O)ccc21. The zero-order valence-electron chi connectivity index (χ0n) is 13.9. The maximum atomic E-state index is 10.9. The van der Waals surface area contributed by atoms with Crippen molar-refractivity contribution in [2.45, 2.75) is 33.2 Å². The third-order valence-corrected chi connectivity index (χ3v) is 4.02. The summed E-state index contributed by atoms with van der Waals surface area (Å²) in [6, 6.07) is 9.61. The minimum absolute atomic E-state index is 0.0109. The summed E-state index contributed by atoms with van der Waals surface area (Å²) in [6.07, 6.45) is 4.62. The van der Waals surface area contributed by atoms with Crippen LogP contribution in [0.25, 0.3) is 22.4 Å². The fourth-order valence-electron chi connectivity index (χ4n) is 2.79. The predicted molar refractivity (Wildman–Crippen MR) is 93.8 cm³/mol. The van der Waals surface area contributed by atoms with Crippen molar-refractivity contribution < 1.29 is 9.90 Å². The Kier molecular flexibility index (Phi) is 4.60. The third-order valence-electron chi connectivity index (χ3n) is 4.02. The van der Waals surface area contributed by atoms with Crippen molar-refractivity contribution in [2.24, 2.45) is 5.92 Å². The van der Waals surface area contributed by atoms with Gasteiger partial charge in [0.25, 0.3) is 0 Å². The first kappa shape index (κ1) is 16.2. The minimum atomic E-state index is -0.832. The Bertz CT molecular complexity index is 854. The zero-order valence-corrected chi connectivity index (χ0v) is 13.9. The first-order valence-electron chi connectivity index (χ1n) is 8.16. The summed E-state index contributed by atoms with van der Waals surface area (Å²) < 4.78 is 2.21. The standard InChI is InChI=1S/C19H21N3O2/c1-13(2)7-9-22-17-6-5-14(11-18(23)24)10-16(17)21-19(22)15-4-3-8-20-12-15/h3-6,8,10,12-13H,7,9,11H2,1-2H3,(H,23,24). The number of benzene rings is 1. The highest BCUT2D eigenvalue weighted by atomic mass is 16.4. The molecule has 2 heterocycles. The Morgan fingerprint density at radius 2 is 2.12 bits per heavy atom. The molecule has 0 amide bonds. The van der Waals surface area contributed by atoms with Gasteiger partial charge in [-0.25, -0.2) is 4.98 Å². The molecule has 3 rings (SSSR count). The molecule has 0 radical (unpaired) electrons. The summed E-state index contributed by atoms with van der Waals surface area (Å²) in [5, 5.41) is 8.99. The number of carboxylic acids is 1. The van der Waals surface area contributed by atoms with Crippen LogP contribution in [0, 0.1) is 5.92 Å². The van der Waals surface area contributed by atoms with Gasteiger partial charge < -0.3 is 9.67 Å². The van der Waals surface area contributed by atoms with Crippen molar-refractivity contribution in [3.63, 3.8) is 0 Å². The number of imidazole rings is 1. The molecule has 0 saturated heterocycles. The Morgan fingerprint density at radius 1 is 1.29 bits per heavy atom. The van der Waals surface area contributed by atoms with E-state index in [1.165, 1.54) is 0 Å². The molecule has 0 unspecified atom stereocenters. The summed E-state index contributed by atoms with van der Waals surface area (Å²) in [4.78, 5) is 19.9. The lowest BCUT2D eigenvalue weighted by Crippen LogP contribution is -2.04. The topological polar surface area (TPSA) is 68.0 Å². The number of hydrogen-bond acceptors (Lipinski definition) is 3. The van der Waals surface area contributed by atoms with Crippen LogP contribution < -0.4 is 0 Å². The molecular weight excluding hydrogens is 302 g/mol. The van der Waals surface area contributed by atoms with Crippen LogP contribution in [0.1, 0.15) is 25.8 Å². The summed E-state index contributed by atoms with van der Waals surface area (Å²) in [5.74, 6) is 0.641. The molecule has 5 nitrogen and oxygen atoms in total. The molecule has 0 spiro atoms. The maximum absolute atomic E-state index is 10.9. The van der Waals surface area contributed by atoms with E-state index in [0.717, 1.165) is 41.0 Å². The van der Waals surface area contributed by atoms with Gasteiger partial charge in [0.15, 0.2) is 0 Å². The fraction of sp³-hybridized carbons (Fsp3) is 0.316. The van der Waals surface area contributed by atoms with E-state index in [9.17, 15) is 4.79 Å². The average molecular weight is 323 g/mol. The van der Waals surface area contributed by atoms with E-state index in [-0.39, 0.29) is 6.42 Å². The van der Waals surface area contributed by atoms with Crippen LogP contribution in [0.4, 0.5) is 0 Å². The van der Waals surface area contributed by atoms with E-state index in [4.69, 9.17) is 10.1 Å². The van der Waals surface area contributed by atoms with Crippen molar-refractivity contribution >= 4 is 17.0 Å². The molecule has 3 aromatic rings. The van der Waals surface area contributed by atoms with Gasteiger partial charge in [0.05, 0.1) is 17.5 Å². The van der Waals surface area contributed by atoms with E-state index >= 15 is 0 Å². The number of carbonyl (C=O) groups is 1. The zero-order chi connectivity index (χ0) is 17.1. The van der Waals surface area contributed by atoms with Crippen molar-refractivity contribution in [3.05, 3.63) is 48.3 Å². The van der Waals surface area contributed by atoms with E-state index in [0.29, 0.717) is 5.92 Å². The van der Waals surface area contributed by atoms with E-state index in [2.05, 4.69) is 23.4 Å². The molecule has 2 aromatic heterocycles. The van der Waals surface area contributed by atoms with Crippen LogP contribution in [0.15, 0.2) is 42.7 Å². The van der Waals surface area contributed by atoms with Crippen LogP contribution in [0.2, 0.25) is 0 Å². The van der Waals surface area contributed by atoms with Gasteiger partial charge in [0, 0.05) is 24.5 Å². The van der Waals surface area contributed by atoms with Gasteiger partial charge in [-0.3, -0.25) is 9.78 Å². The molecule has 0 saturated carbocycles. The molecule has 0 aliphatic carbocycles. The molecule has 1 N–H and O–H groups in total. The highest BCUT2D eigenvalue weighted by Gasteiger charge is 2.14. The van der Waals surface area contributed by atoms with Crippen molar-refractivity contribution in [1.29, 1.82) is 0 Å². The molecule has 124 valence electrons. The molecule has 0 aliphatic heterocycles. The van der Waals surface area contributed by atoms with E-state index in [1.54, 1.807) is 6.20 Å². The van der Waals surface area contributed by atoms with Gasteiger partial charge in [-0.1, -0.05) is 19.9 Å². The lowest BCUT2D eigenvalue weighted by molar-refractivity contribution is -0.136. The quantitative estimate of drug-likeness (QED) is 0.750. The molecule has 5 heteroatoms. The number of aliphatic carboxylic acids is 1. The van der Waals surface area contributed by atoms with Crippen LogP contribution in [-0.2, 0) is 17.8 Å². The van der Waals surface area contributed by atoms with E-state index in [1.807, 2.05) is 36.5 Å². The van der Waals surface area contributed by atoms with Gasteiger partial charge in [-0.05, 0) is 42.2 Å². The predicted octanol–water partition coefficient (Wildman–Crippen LogP) is 3.77. The molecule has 0 aliphatic rings. The highest BCUT2D eigenvalue weighted by Crippen LogP contribution is 2.26. The van der Waals surface area contributed by atoms with Crippen molar-refractivity contribution in [1.82, 2.24) is 14.5 Å². The second-order valence-electron chi connectivity index (χ2n) is 6.40. The monoisotopic (exact) mass is 323 g/mol. The number of fused-ring (bicyclic) bond motifs is 1. The molecular formula is C19H21N3O2. The first-order valence-corrected chi connectivity index (χ1v) is 8.16. The van der Waals surface area contributed by atoms with Crippen molar-refractivity contribution in [2.75, 3.05) is 0 Å². The Balaban J connectivity index is 2.10. The second-order valence-corrected chi connectivity index (χ2v) is 6.40. The fourth-order valence-corrected chi connectivity index (χ4v) is 2.79. The third kappa shape index (κ3) is 3.45. The number of pyridine rings is 1. The van der Waals surface area contributed by atoms with Gasteiger partial charge in [-0.15, -0.1) is 0 Å². The maximum Gasteiger partial charge on any atom is 0.307 e. The average Bonchev–Trinajstić information content (AvgIpc) is 2.91. The van der Waals surface area contributed by atoms with Gasteiger partial charge in [0.2, 0.25) is 0 Å². The normalized spacial score (nSPS) is 11.3. The van der Waals surface area contributed by atoms with Crippen LogP contribution in [0.5, 0.6) is 0 Å². The molecule has 0 bridgehead atoms. The number of nitrogens with zero attached hydrogens (tertiary/aromatic N) is 3. The minimum Gasteiger partial charge on any atom is -0.481 e. The lowest BCUT2D eigenvalue weighted by atomic mass is 10.1. The first-order chi connectivity index (χ1) is 11.5. The van der Waals surface area contributed by atoms with Crippen molar-refractivity contribution in [3.8, 4) is 11.4 Å². The van der Waals surface area contributed by atoms with Gasteiger partial charge in [0.1, 0.15) is 5.82 Å².